The summed E-state index contributed by atoms with van der Waals surface area (Å²) >= 11 is 3.41. The van der Waals surface area contributed by atoms with Crippen LogP contribution in [0.15, 0.2) is 10.7 Å². The monoisotopic (exact) mass is 270 g/mol. The van der Waals surface area contributed by atoms with E-state index < -0.39 is 0 Å². The molecule has 15 heavy (non-hydrogen) atoms. The zero-order valence-corrected chi connectivity index (χ0v) is 10.6. The first-order chi connectivity index (χ1) is 7.16. The SMILES string of the molecule is Cc1nc(N2CCNC(C)C2)ncc1Br. The lowest BCUT2D eigenvalue weighted by molar-refractivity contribution is 0.479. The van der Waals surface area contributed by atoms with Gasteiger partial charge in [0.1, 0.15) is 0 Å². The summed E-state index contributed by atoms with van der Waals surface area (Å²) in [5.41, 5.74) is 0.992. The Morgan fingerprint density at radius 1 is 1.60 bits per heavy atom. The molecule has 1 aliphatic rings. The van der Waals surface area contributed by atoms with Gasteiger partial charge in [0.2, 0.25) is 5.95 Å². The summed E-state index contributed by atoms with van der Waals surface area (Å²) in [4.78, 5) is 11.0. The fourth-order valence-corrected chi connectivity index (χ4v) is 1.90. The molecule has 1 unspecified atom stereocenters. The van der Waals surface area contributed by atoms with Gasteiger partial charge in [-0.1, -0.05) is 0 Å². The summed E-state index contributed by atoms with van der Waals surface area (Å²) < 4.78 is 0.967. The highest BCUT2D eigenvalue weighted by Gasteiger charge is 2.18. The maximum Gasteiger partial charge on any atom is 0.225 e. The van der Waals surface area contributed by atoms with Crippen molar-refractivity contribution in [3.63, 3.8) is 0 Å². The molecule has 1 N–H and O–H groups in total. The van der Waals surface area contributed by atoms with Crippen LogP contribution in [0.3, 0.4) is 0 Å². The molecule has 1 aliphatic heterocycles. The Bertz CT molecular complexity index is 355. The van der Waals surface area contributed by atoms with E-state index in [1.54, 1.807) is 0 Å². The van der Waals surface area contributed by atoms with Crippen molar-refractivity contribution >= 4 is 21.9 Å². The molecule has 1 atom stereocenters. The van der Waals surface area contributed by atoms with Gasteiger partial charge in [0.25, 0.3) is 0 Å². The Hall–Kier alpha value is -0.680. The van der Waals surface area contributed by atoms with Crippen LogP contribution in [0, 0.1) is 6.92 Å². The second kappa shape index (κ2) is 4.45. The molecular formula is C10H15BrN4. The average Bonchev–Trinajstić information content (AvgIpc) is 2.22. The van der Waals surface area contributed by atoms with Crippen LogP contribution in [-0.2, 0) is 0 Å². The van der Waals surface area contributed by atoms with Crippen molar-refractivity contribution in [3.8, 4) is 0 Å². The van der Waals surface area contributed by atoms with Crippen LogP contribution in [-0.4, -0.2) is 35.6 Å². The third-order valence-corrected chi connectivity index (χ3v) is 3.34. The Kier molecular flexibility index (Phi) is 3.21. The van der Waals surface area contributed by atoms with Gasteiger partial charge in [-0.25, -0.2) is 9.97 Å². The van der Waals surface area contributed by atoms with Gasteiger partial charge in [0, 0.05) is 31.9 Å². The fraction of sp³-hybridized carbons (Fsp3) is 0.600. The first kappa shape index (κ1) is 10.8. The highest BCUT2D eigenvalue weighted by Crippen LogP contribution is 2.16. The third-order valence-electron chi connectivity index (χ3n) is 2.56. The van der Waals surface area contributed by atoms with E-state index in [2.05, 4.69) is 43.0 Å². The van der Waals surface area contributed by atoms with E-state index in [0.29, 0.717) is 6.04 Å². The summed E-state index contributed by atoms with van der Waals surface area (Å²) in [6.45, 7) is 7.12. The van der Waals surface area contributed by atoms with Crippen LogP contribution in [0.25, 0.3) is 0 Å². The lowest BCUT2D eigenvalue weighted by Crippen LogP contribution is -2.49. The molecule has 0 amide bonds. The van der Waals surface area contributed by atoms with Gasteiger partial charge in [-0.15, -0.1) is 0 Å². The lowest BCUT2D eigenvalue weighted by atomic mass is 10.2. The van der Waals surface area contributed by atoms with Crippen LogP contribution < -0.4 is 10.2 Å². The Morgan fingerprint density at radius 3 is 3.07 bits per heavy atom. The largest absolute Gasteiger partial charge is 0.338 e. The highest BCUT2D eigenvalue weighted by atomic mass is 79.9. The molecule has 2 rings (SSSR count). The molecule has 1 aromatic heterocycles. The zero-order valence-electron chi connectivity index (χ0n) is 9.00. The van der Waals surface area contributed by atoms with E-state index in [9.17, 15) is 0 Å². The third kappa shape index (κ3) is 2.46. The summed E-state index contributed by atoms with van der Waals surface area (Å²) in [5.74, 6) is 0.837. The van der Waals surface area contributed by atoms with Gasteiger partial charge in [0.15, 0.2) is 0 Å². The lowest BCUT2D eigenvalue weighted by Gasteiger charge is -2.31. The molecule has 0 aromatic carbocycles. The Morgan fingerprint density at radius 2 is 2.40 bits per heavy atom. The number of rotatable bonds is 1. The number of nitrogens with one attached hydrogen (secondary N) is 1. The summed E-state index contributed by atoms with van der Waals surface area (Å²) in [6.07, 6.45) is 1.82. The van der Waals surface area contributed by atoms with Crippen LogP contribution >= 0.6 is 15.9 Å². The quantitative estimate of drug-likeness (QED) is 0.837. The molecular weight excluding hydrogens is 256 g/mol. The van der Waals surface area contributed by atoms with E-state index in [4.69, 9.17) is 0 Å². The normalized spacial score (nSPS) is 21.8. The molecule has 0 spiro atoms. The van der Waals surface area contributed by atoms with Crippen molar-refractivity contribution in [2.24, 2.45) is 0 Å². The van der Waals surface area contributed by atoms with Gasteiger partial charge in [-0.2, -0.15) is 0 Å². The number of aromatic nitrogens is 2. The predicted molar refractivity (Wildman–Crippen MR) is 64.1 cm³/mol. The van der Waals surface area contributed by atoms with Crippen molar-refractivity contribution in [1.29, 1.82) is 0 Å². The number of hydrogen-bond donors (Lipinski definition) is 1. The maximum atomic E-state index is 4.47. The van der Waals surface area contributed by atoms with Crippen LogP contribution in [0.4, 0.5) is 5.95 Å². The number of nitrogens with zero attached hydrogens (tertiary/aromatic N) is 3. The molecule has 5 heteroatoms. The van der Waals surface area contributed by atoms with Crippen molar-refractivity contribution < 1.29 is 0 Å². The van der Waals surface area contributed by atoms with Crippen LogP contribution in [0.2, 0.25) is 0 Å². The molecule has 0 saturated carbocycles. The zero-order chi connectivity index (χ0) is 10.8. The first-order valence-corrected chi connectivity index (χ1v) is 5.93. The number of piperazine rings is 1. The van der Waals surface area contributed by atoms with Gasteiger partial charge in [0.05, 0.1) is 10.2 Å². The van der Waals surface area contributed by atoms with Gasteiger partial charge < -0.3 is 10.2 Å². The minimum absolute atomic E-state index is 0.506. The molecule has 2 heterocycles. The summed E-state index contributed by atoms with van der Waals surface area (Å²) in [5, 5.41) is 3.40. The van der Waals surface area contributed by atoms with Crippen molar-refractivity contribution in [2.45, 2.75) is 19.9 Å². The average molecular weight is 271 g/mol. The van der Waals surface area contributed by atoms with Gasteiger partial charge in [-0.3, -0.25) is 0 Å². The Labute approximate surface area is 98.2 Å². The number of anilines is 1. The van der Waals surface area contributed by atoms with Crippen molar-refractivity contribution in [2.75, 3.05) is 24.5 Å². The second-order valence-corrected chi connectivity index (χ2v) is 4.76. The molecule has 0 bridgehead atoms. The molecule has 82 valence electrons. The number of halogens is 1. The van der Waals surface area contributed by atoms with Crippen LogP contribution in [0.1, 0.15) is 12.6 Å². The summed E-state index contributed by atoms with van der Waals surface area (Å²) in [6, 6.07) is 0.506. The van der Waals surface area contributed by atoms with E-state index in [-0.39, 0.29) is 0 Å². The minimum Gasteiger partial charge on any atom is -0.338 e. The maximum absolute atomic E-state index is 4.47. The molecule has 4 nitrogen and oxygen atoms in total. The molecule has 0 radical (unpaired) electrons. The first-order valence-electron chi connectivity index (χ1n) is 5.14. The van der Waals surface area contributed by atoms with E-state index in [1.807, 2.05) is 13.1 Å². The molecule has 1 fully saturated rings. The Balaban J connectivity index is 2.18. The second-order valence-electron chi connectivity index (χ2n) is 3.90. The predicted octanol–water partition coefficient (Wildman–Crippen LogP) is 1.35. The van der Waals surface area contributed by atoms with Crippen molar-refractivity contribution in [1.82, 2.24) is 15.3 Å². The van der Waals surface area contributed by atoms with Gasteiger partial charge in [-0.05, 0) is 29.8 Å². The molecule has 1 aromatic rings. The van der Waals surface area contributed by atoms with Crippen LogP contribution in [0.5, 0.6) is 0 Å². The summed E-state index contributed by atoms with van der Waals surface area (Å²) in [7, 11) is 0. The topological polar surface area (TPSA) is 41.1 Å². The fourth-order valence-electron chi connectivity index (χ4n) is 1.71. The highest BCUT2D eigenvalue weighted by molar-refractivity contribution is 9.10. The standard InChI is InChI=1S/C10H15BrN4/c1-7-6-15(4-3-12-7)10-13-5-9(11)8(2)14-10/h5,7,12H,3-4,6H2,1-2H3. The minimum atomic E-state index is 0.506. The number of hydrogen-bond acceptors (Lipinski definition) is 4. The molecule has 1 saturated heterocycles. The number of aryl methyl sites for hydroxylation is 1. The molecule has 0 aliphatic carbocycles. The van der Waals surface area contributed by atoms with Gasteiger partial charge >= 0.3 is 0 Å². The van der Waals surface area contributed by atoms with Crippen molar-refractivity contribution in [3.05, 3.63) is 16.4 Å². The smallest absolute Gasteiger partial charge is 0.225 e. The van der Waals surface area contributed by atoms with E-state index in [1.165, 1.54) is 0 Å². The van der Waals surface area contributed by atoms with E-state index >= 15 is 0 Å². The van der Waals surface area contributed by atoms with E-state index in [0.717, 1.165) is 35.7 Å².